The van der Waals surface area contributed by atoms with E-state index >= 15 is 0 Å². The van der Waals surface area contributed by atoms with Crippen molar-refractivity contribution in [3.05, 3.63) is 328 Å². The van der Waals surface area contributed by atoms with Crippen molar-refractivity contribution in [1.82, 2.24) is 0 Å². The van der Waals surface area contributed by atoms with E-state index in [-0.39, 0.29) is 0 Å². The van der Waals surface area contributed by atoms with Crippen LogP contribution in [0.1, 0.15) is 0 Å². The van der Waals surface area contributed by atoms with Crippen molar-refractivity contribution >= 4 is 130 Å². The van der Waals surface area contributed by atoms with E-state index in [0.717, 1.165) is 71.5 Å². The number of fused-ring (bicyclic) bond motifs is 14. The zero-order chi connectivity index (χ0) is 61.5. The van der Waals surface area contributed by atoms with Crippen molar-refractivity contribution in [2.45, 2.75) is 0 Å². The SMILES string of the molecule is c1ccc2cc(-c3ccc(-c4c5ccccc5c(-c5ccc6c(c5)oc5ccccc56)c5ccc(-c6ccc7c(-c8ccc(-c9cccc%10ccccc9%10)c9ccccc89)c8ccccc8c(-c8ccc9c(c8)oc8ccccc89)c7c6)cc45)c4ccccc34)ccc2c1. The van der Waals surface area contributed by atoms with Gasteiger partial charge in [0.15, 0.2) is 0 Å². The van der Waals surface area contributed by atoms with E-state index in [1.54, 1.807) is 0 Å². The summed E-state index contributed by atoms with van der Waals surface area (Å²) in [6.45, 7) is 0. The summed E-state index contributed by atoms with van der Waals surface area (Å²) in [5.74, 6) is 0. The summed E-state index contributed by atoms with van der Waals surface area (Å²) in [4.78, 5) is 0. The van der Waals surface area contributed by atoms with Crippen LogP contribution in [0.5, 0.6) is 0 Å². The van der Waals surface area contributed by atoms with Crippen LogP contribution in [0.3, 0.4) is 0 Å². The Morgan fingerprint density at radius 2 is 0.479 bits per heavy atom. The van der Waals surface area contributed by atoms with E-state index in [0.29, 0.717) is 0 Å². The molecule has 2 nitrogen and oxygen atoms in total. The van der Waals surface area contributed by atoms with Crippen LogP contribution in [0.15, 0.2) is 336 Å². The van der Waals surface area contributed by atoms with E-state index in [2.05, 4.69) is 322 Å². The van der Waals surface area contributed by atoms with Gasteiger partial charge >= 0.3 is 0 Å². The molecular formula is C92H54O2. The molecule has 2 heteroatoms. The average molecular weight is 1190 g/mol. The largest absolute Gasteiger partial charge is 0.456 e. The molecule has 0 unspecified atom stereocenters. The molecule has 434 valence electrons. The minimum Gasteiger partial charge on any atom is -0.456 e. The Hall–Kier alpha value is -12.4. The van der Waals surface area contributed by atoms with Gasteiger partial charge in [-0.25, -0.2) is 0 Å². The zero-order valence-electron chi connectivity index (χ0n) is 51.0. The first kappa shape index (κ1) is 52.4. The molecule has 18 aromatic carbocycles. The number of benzene rings is 18. The second kappa shape index (κ2) is 20.6. The van der Waals surface area contributed by atoms with Crippen molar-refractivity contribution in [3.8, 4) is 77.9 Å². The maximum absolute atomic E-state index is 6.71. The second-order valence-electron chi connectivity index (χ2n) is 25.2. The van der Waals surface area contributed by atoms with Crippen molar-refractivity contribution < 1.29 is 8.83 Å². The highest BCUT2D eigenvalue weighted by Gasteiger charge is 2.25. The Morgan fingerprint density at radius 1 is 0.138 bits per heavy atom. The minimum absolute atomic E-state index is 0.869. The number of para-hydroxylation sites is 2. The predicted octanol–water partition coefficient (Wildman–Crippen LogP) is 26.4. The van der Waals surface area contributed by atoms with Gasteiger partial charge in [0.25, 0.3) is 0 Å². The summed E-state index contributed by atoms with van der Waals surface area (Å²) in [7, 11) is 0. The molecule has 0 atom stereocenters. The fourth-order valence-electron chi connectivity index (χ4n) is 16.0. The Kier molecular flexibility index (Phi) is 11.5. The van der Waals surface area contributed by atoms with Gasteiger partial charge in [-0.15, -0.1) is 0 Å². The number of hydrogen-bond acceptors (Lipinski definition) is 2. The van der Waals surface area contributed by atoms with Crippen molar-refractivity contribution in [2.24, 2.45) is 0 Å². The molecule has 0 spiro atoms. The van der Waals surface area contributed by atoms with Crippen LogP contribution in [0, 0.1) is 0 Å². The van der Waals surface area contributed by atoms with Crippen molar-refractivity contribution in [1.29, 1.82) is 0 Å². The smallest absolute Gasteiger partial charge is 0.136 e. The van der Waals surface area contributed by atoms with Gasteiger partial charge in [0.05, 0.1) is 0 Å². The van der Waals surface area contributed by atoms with Crippen LogP contribution in [-0.4, -0.2) is 0 Å². The van der Waals surface area contributed by atoms with Crippen molar-refractivity contribution in [2.75, 3.05) is 0 Å². The van der Waals surface area contributed by atoms with E-state index in [1.807, 2.05) is 6.07 Å². The molecule has 2 aromatic heterocycles. The third-order valence-electron chi connectivity index (χ3n) is 20.2. The lowest BCUT2D eigenvalue weighted by atomic mass is 9.81. The summed E-state index contributed by atoms with van der Waals surface area (Å²) in [6.07, 6.45) is 0. The first-order valence-electron chi connectivity index (χ1n) is 32.4. The lowest BCUT2D eigenvalue weighted by Gasteiger charge is -2.21. The second-order valence-corrected chi connectivity index (χ2v) is 25.2. The van der Waals surface area contributed by atoms with Gasteiger partial charge in [0.2, 0.25) is 0 Å². The monoisotopic (exact) mass is 1190 g/mol. The molecule has 20 aromatic rings. The summed E-state index contributed by atoms with van der Waals surface area (Å²) >= 11 is 0. The minimum atomic E-state index is 0.869. The fraction of sp³-hybridized carbons (Fsp3) is 0. The lowest BCUT2D eigenvalue weighted by molar-refractivity contribution is 0.668. The molecular weight excluding hydrogens is 1140 g/mol. The average Bonchev–Trinajstić information content (AvgIpc) is 0.756. The summed E-state index contributed by atoms with van der Waals surface area (Å²) in [5, 5.41) is 23.7. The predicted molar refractivity (Wildman–Crippen MR) is 399 cm³/mol. The summed E-state index contributed by atoms with van der Waals surface area (Å²) < 4.78 is 13.4. The van der Waals surface area contributed by atoms with Crippen LogP contribution in [0.4, 0.5) is 0 Å². The number of rotatable bonds is 7. The molecule has 0 aliphatic rings. The molecule has 0 radical (unpaired) electrons. The molecule has 20 rings (SSSR count). The molecule has 0 N–H and O–H groups in total. The fourth-order valence-corrected chi connectivity index (χ4v) is 16.0. The van der Waals surface area contributed by atoms with Gasteiger partial charge in [-0.1, -0.05) is 273 Å². The van der Waals surface area contributed by atoms with Gasteiger partial charge in [-0.2, -0.15) is 0 Å². The normalized spacial score (nSPS) is 12.0. The van der Waals surface area contributed by atoms with Gasteiger partial charge in [0, 0.05) is 21.5 Å². The Balaban J connectivity index is 0.860. The zero-order valence-corrected chi connectivity index (χ0v) is 51.0. The van der Waals surface area contributed by atoms with Crippen molar-refractivity contribution in [3.63, 3.8) is 0 Å². The molecule has 0 saturated carbocycles. The van der Waals surface area contributed by atoms with E-state index < -0.39 is 0 Å². The van der Waals surface area contributed by atoms with Crippen LogP contribution < -0.4 is 0 Å². The topological polar surface area (TPSA) is 26.3 Å². The molecule has 0 fully saturated rings. The number of hydrogen-bond donors (Lipinski definition) is 0. The maximum atomic E-state index is 6.71. The van der Waals surface area contributed by atoms with Gasteiger partial charge < -0.3 is 8.83 Å². The van der Waals surface area contributed by atoms with Crippen LogP contribution in [0.2, 0.25) is 0 Å². The highest BCUT2D eigenvalue weighted by molar-refractivity contribution is 6.28. The Morgan fingerprint density at radius 3 is 1.06 bits per heavy atom. The Labute approximate surface area is 541 Å². The van der Waals surface area contributed by atoms with E-state index in [4.69, 9.17) is 8.83 Å². The van der Waals surface area contributed by atoms with E-state index in [1.165, 1.54) is 136 Å². The summed E-state index contributed by atoms with van der Waals surface area (Å²) in [6, 6.07) is 121. The van der Waals surface area contributed by atoms with E-state index in [9.17, 15) is 0 Å². The van der Waals surface area contributed by atoms with Crippen LogP contribution >= 0.6 is 0 Å². The number of furan rings is 2. The highest BCUT2D eigenvalue weighted by Crippen LogP contribution is 2.52. The van der Waals surface area contributed by atoms with Crippen LogP contribution in [0.25, 0.3) is 208 Å². The molecule has 0 amide bonds. The lowest BCUT2D eigenvalue weighted by Crippen LogP contribution is -1.94. The third-order valence-corrected chi connectivity index (χ3v) is 20.2. The molecule has 0 aliphatic heterocycles. The first-order chi connectivity index (χ1) is 46.6. The quantitative estimate of drug-likeness (QED) is 0.149. The third kappa shape index (κ3) is 7.97. The molecule has 94 heavy (non-hydrogen) atoms. The first-order valence-corrected chi connectivity index (χ1v) is 32.4. The molecule has 0 saturated heterocycles. The highest BCUT2D eigenvalue weighted by atomic mass is 16.3. The standard InChI is InChI=1S/C92H54O2/c1-2-20-57-50-60(37-36-55(57)18-1)64-46-48-80(68-25-7-5-23-65(64)68)92-78-32-12-9-29-75(78)89(61-40-42-73-71-27-13-15-34-85(71)93-87(73)53-61)81-44-38-59(52-84(81)92)58-39-45-82-83(51-58)90(62-41-43-74-72-28-14-16-35-86(72)94-88(74)54-62)76-30-10-11-31-77(76)91(82)79-49-47-70(67-24-6-8-26-69(67)79)66-33-17-21-56-19-3-4-22-63(56)66/h1-54H. The molecule has 2 heterocycles. The summed E-state index contributed by atoms with van der Waals surface area (Å²) in [5.41, 5.74) is 20.0. The Bertz CT molecular complexity index is 6610. The molecule has 0 bridgehead atoms. The van der Waals surface area contributed by atoms with Gasteiger partial charge in [-0.3, -0.25) is 0 Å². The molecule has 0 aliphatic carbocycles. The van der Waals surface area contributed by atoms with Gasteiger partial charge in [-0.05, 0) is 219 Å². The van der Waals surface area contributed by atoms with Crippen LogP contribution in [-0.2, 0) is 0 Å². The van der Waals surface area contributed by atoms with Gasteiger partial charge in [0.1, 0.15) is 22.3 Å². The maximum Gasteiger partial charge on any atom is 0.136 e.